The van der Waals surface area contributed by atoms with E-state index < -0.39 is 0 Å². The maximum Gasteiger partial charge on any atom is 0.0953 e. The fourth-order valence-corrected chi connectivity index (χ4v) is 1.38. The number of rotatable bonds is 1. The average molecular weight is 153 g/mol. The number of nitrogens with zero attached hydrogens (tertiary/aromatic N) is 2. The van der Waals surface area contributed by atoms with Crippen molar-refractivity contribution < 1.29 is 5.11 Å². The Morgan fingerprint density at radius 1 is 1.73 bits per heavy atom. The van der Waals surface area contributed by atoms with Gasteiger partial charge in [-0.1, -0.05) is 0 Å². The van der Waals surface area contributed by atoms with Crippen molar-refractivity contribution in [3.05, 3.63) is 17.7 Å². The minimum absolute atomic E-state index is 0.0456. The molecular weight excluding hydrogens is 142 g/mol. The van der Waals surface area contributed by atoms with Crippen LogP contribution in [0.25, 0.3) is 0 Å². The highest BCUT2D eigenvalue weighted by Crippen LogP contribution is 2.09. The zero-order valence-corrected chi connectivity index (χ0v) is 6.25. The zero-order valence-electron chi connectivity index (χ0n) is 6.25. The standard InChI is InChI=1S/C7H11N3O/c11-4-6-7-3-8-1-2-10(7)5-9-6/h5,8,11H,1-4H2. The van der Waals surface area contributed by atoms with Crippen LogP contribution in [0, 0.1) is 0 Å². The predicted octanol–water partition coefficient (Wildman–Crippen LogP) is -0.521. The Morgan fingerprint density at radius 2 is 2.64 bits per heavy atom. The first-order valence-corrected chi connectivity index (χ1v) is 3.76. The van der Waals surface area contributed by atoms with E-state index in [-0.39, 0.29) is 6.61 Å². The van der Waals surface area contributed by atoms with Gasteiger partial charge in [-0.15, -0.1) is 0 Å². The van der Waals surface area contributed by atoms with E-state index in [1.165, 1.54) is 0 Å². The Labute approximate surface area is 64.9 Å². The highest BCUT2D eigenvalue weighted by molar-refractivity contribution is 5.13. The van der Waals surface area contributed by atoms with E-state index in [1.54, 1.807) is 6.33 Å². The summed E-state index contributed by atoms with van der Waals surface area (Å²) in [5.41, 5.74) is 1.93. The van der Waals surface area contributed by atoms with Gasteiger partial charge in [0, 0.05) is 19.6 Å². The molecular formula is C7H11N3O. The summed E-state index contributed by atoms with van der Waals surface area (Å²) in [5.74, 6) is 0. The molecule has 2 heterocycles. The third-order valence-corrected chi connectivity index (χ3v) is 2.00. The average Bonchev–Trinajstić information content (AvgIpc) is 2.47. The minimum atomic E-state index is 0.0456. The lowest BCUT2D eigenvalue weighted by Crippen LogP contribution is -2.28. The van der Waals surface area contributed by atoms with Gasteiger partial charge >= 0.3 is 0 Å². The molecule has 0 saturated carbocycles. The fourth-order valence-electron chi connectivity index (χ4n) is 1.38. The number of hydrogen-bond donors (Lipinski definition) is 2. The highest BCUT2D eigenvalue weighted by atomic mass is 16.3. The maximum atomic E-state index is 8.88. The van der Waals surface area contributed by atoms with Gasteiger partial charge in [0.1, 0.15) is 0 Å². The molecule has 0 aromatic carbocycles. The van der Waals surface area contributed by atoms with Gasteiger partial charge in [0.25, 0.3) is 0 Å². The second-order valence-corrected chi connectivity index (χ2v) is 2.67. The molecule has 0 fully saturated rings. The molecule has 0 unspecified atom stereocenters. The van der Waals surface area contributed by atoms with Crippen molar-refractivity contribution >= 4 is 0 Å². The lowest BCUT2D eigenvalue weighted by Gasteiger charge is -2.15. The molecule has 2 N–H and O–H groups in total. The van der Waals surface area contributed by atoms with Crippen LogP contribution in [0.2, 0.25) is 0 Å². The molecule has 1 aliphatic rings. The first-order chi connectivity index (χ1) is 5.42. The normalized spacial score (nSPS) is 16.5. The summed E-state index contributed by atoms with van der Waals surface area (Å²) in [7, 11) is 0. The number of fused-ring (bicyclic) bond motifs is 1. The Morgan fingerprint density at radius 3 is 3.45 bits per heavy atom. The molecule has 1 aliphatic heterocycles. The van der Waals surface area contributed by atoms with Gasteiger partial charge in [0.05, 0.1) is 24.3 Å². The Bertz CT molecular complexity index is 243. The van der Waals surface area contributed by atoms with Crippen LogP contribution in [0.4, 0.5) is 0 Å². The first-order valence-electron chi connectivity index (χ1n) is 3.76. The molecule has 0 saturated heterocycles. The van der Waals surface area contributed by atoms with Crippen LogP contribution >= 0.6 is 0 Å². The van der Waals surface area contributed by atoms with Crippen LogP contribution in [0.5, 0.6) is 0 Å². The van der Waals surface area contributed by atoms with Crippen molar-refractivity contribution in [2.45, 2.75) is 19.7 Å². The second-order valence-electron chi connectivity index (χ2n) is 2.67. The third kappa shape index (κ3) is 1.04. The van der Waals surface area contributed by atoms with Crippen LogP contribution in [-0.4, -0.2) is 21.2 Å². The van der Waals surface area contributed by atoms with Crippen LogP contribution in [0.15, 0.2) is 6.33 Å². The van der Waals surface area contributed by atoms with Crippen LogP contribution < -0.4 is 5.32 Å². The summed E-state index contributed by atoms with van der Waals surface area (Å²) in [6.45, 7) is 2.83. The molecule has 0 atom stereocenters. The minimum Gasteiger partial charge on any atom is -0.390 e. The molecule has 1 aromatic rings. The lowest BCUT2D eigenvalue weighted by molar-refractivity contribution is 0.275. The molecule has 0 aliphatic carbocycles. The molecule has 0 bridgehead atoms. The van der Waals surface area contributed by atoms with Crippen LogP contribution in [0.3, 0.4) is 0 Å². The van der Waals surface area contributed by atoms with Gasteiger partial charge in [-0.2, -0.15) is 0 Å². The second kappa shape index (κ2) is 2.64. The van der Waals surface area contributed by atoms with Crippen molar-refractivity contribution in [1.29, 1.82) is 0 Å². The lowest BCUT2D eigenvalue weighted by atomic mass is 10.3. The van der Waals surface area contributed by atoms with Gasteiger partial charge in [-0.25, -0.2) is 4.98 Å². The quantitative estimate of drug-likeness (QED) is 0.570. The summed E-state index contributed by atoms with van der Waals surface area (Å²) < 4.78 is 2.09. The van der Waals surface area contributed by atoms with E-state index in [0.717, 1.165) is 31.0 Å². The summed E-state index contributed by atoms with van der Waals surface area (Å²) in [5, 5.41) is 12.1. The first kappa shape index (κ1) is 6.82. The van der Waals surface area contributed by atoms with Gasteiger partial charge in [0.15, 0.2) is 0 Å². The van der Waals surface area contributed by atoms with Gasteiger partial charge < -0.3 is 15.0 Å². The van der Waals surface area contributed by atoms with Crippen LogP contribution in [0.1, 0.15) is 11.4 Å². The van der Waals surface area contributed by atoms with E-state index in [9.17, 15) is 0 Å². The van der Waals surface area contributed by atoms with Crippen LogP contribution in [-0.2, 0) is 19.7 Å². The number of aliphatic hydroxyl groups excluding tert-OH is 1. The molecule has 1 aromatic heterocycles. The number of aliphatic hydroxyl groups is 1. The Hall–Kier alpha value is -0.870. The molecule has 2 rings (SSSR count). The van der Waals surface area contributed by atoms with Gasteiger partial charge in [-0.05, 0) is 0 Å². The summed E-state index contributed by atoms with van der Waals surface area (Å²) in [4.78, 5) is 4.09. The Balaban J connectivity index is 2.38. The molecule has 0 radical (unpaired) electrons. The van der Waals surface area contributed by atoms with E-state index in [0.29, 0.717) is 0 Å². The fraction of sp³-hybridized carbons (Fsp3) is 0.571. The number of imidazole rings is 1. The monoisotopic (exact) mass is 153 g/mol. The molecule has 60 valence electrons. The van der Waals surface area contributed by atoms with Crippen molar-refractivity contribution in [3.8, 4) is 0 Å². The smallest absolute Gasteiger partial charge is 0.0953 e. The summed E-state index contributed by atoms with van der Waals surface area (Å²) >= 11 is 0. The van der Waals surface area contributed by atoms with E-state index in [1.807, 2.05) is 0 Å². The number of hydrogen-bond acceptors (Lipinski definition) is 3. The molecule has 0 spiro atoms. The van der Waals surface area contributed by atoms with E-state index in [2.05, 4.69) is 14.9 Å². The van der Waals surface area contributed by atoms with Crippen molar-refractivity contribution in [1.82, 2.24) is 14.9 Å². The highest BCUT2D eigenvalue weighted by Gasteiger charge is 2.12. The zero-order chi connectivity index (χ0) is 7.68. The maximum absolute atomic E-state index is 8.88. The molecule has 4 nitrogen and oxygen atoms in total. The van der Waals surface area contributed by atoms with Crippen molar-refractivity contribution in [2.75, 3.05) is 6.54 Å². The Kier molecular flexibility index (Phi) is 1.63. The summed E-state index contributed by atoms with van der Waals surface area (Å²) in [6.07, 6.45) is 1.79. The molecule has 0 amide bonds. The van der Waals surface area contributed by atoms with Gasteiger partial charge in [0.2, 0.25) is 0 Å². The van der Waals surface area contributed by atoms with Gasteiger partial charge in [-0.3, -0.25) is 0 Å². The number of aromatic nitrogens is 2. The van der Waals surface area contributed by atoms with E-state index >= 15 is 0 Å². The number of nitrogens with one attached hydrogen (secondary N) is 1. The topological polar surface area (TPSA) is 50.1 Å². The molecule has 11 heavy (non-hydrogen) atoms. The van der Waals surface area contributed by atoms with E-state index in [4.69, 9.17) is 5.11 Å². The molecule has 4 heteroatoms. The predicted molar refractivity (Wildman–Crippen MR) is 39.9 cm³/mol. The SMILES string of the molecule is OCc1ncn2c1CNCC2. The third-order valence-electron chi connectivity index (χ3n) is 2.00. The summed E-state index contributed by atoms with van der Waals surface area (Å²) in [6, 6.07) is 0. The van der Waals surface area contributed by atoms with Crippen molar-refractivity contribution in [3.63, 3.8) is 0 Å². The largest absolute Gasteiger partial charge is 0.390 e. The van der Waals surface area contributed by atoms with Crippen molar-refractivity contribution in [2.24, 2.45) is 0 Å².